The second-order valence-corrected chi connectivity index (χ2v) is 5.02. The number of rotatable bonds is 4. The van der Waals surface area contributed by atoms with Crippen molar-refractivity contribution in [3.05, 3.63) is 76.2 Å². The van der Waals surface area contributed by atoms with E-state index in [1.54, 1.807) is 30.3 Å². The van der Waals surface area contributed by atoms with Crippen LogP contribution in [0.3, 0.4) is 0 Å². The zero-order valence-electron chi connectivity index (χ0n) is 12.5. The maximum Gasteiger partial charge on any atom is 0.337 e. The molecule has 0 saturated heterocycles. The Morgan fingerprint density at radius 3 is 2.57 bits per heavy atom. The fourth-order valence-corrected chi connectivity index (χ4v) is 2.31. The fourth-order valence-electron chi connectivity index (χ4n) is 2.31. The summed E-state index contributed by atoms with van der Waals surface area (Å²) in [5, 5.41) is 1.52. The highest BCUT2D eigenvalue weighted by Crippen LogP contribution is 2.15. The summed E-state index contributed by atoms with van der Waals surface area (Å²) in [7, 11) is 1.34. The Morgan fingerprint density at radius 1 is 1.09 bits per heavy atom. The first-order valence-corrected chi connectivity index (χ1v) is 7.09. The molecule has 0 amide bonds. The highest BCUT2D eigenvalue weighted by atomic mass is 16.5. The Hall–Kier alpha value is -3.08. The van der Waals surface area contributed by atoms with Crippen LogP contribution >= 0.6 is 0 Å². The molecule has 0 aliphatic heterocycles. The number of hydrogen-bond acceptors (Lipinski definition) is 4. The molecule has 0 aliphatic carbocycles. The number of pyridine rings is 1. The lowest BCUT2D eigenvalue weighted by molar-refractivity contribution is 0.0600. The topological polar surface area (TPSA) is 68.4 Å². The first-order valence-electron chi connectivity index (χ1n) is 7.09. The van der Waals surface area contributed by atoms with Gasteiger partial charge in [0.05, 0.1) is 18.4 Å². The summed E-state index contributed by atoms with van der Waals surface area (Å²) < 4.78 is 10.3. The lowest BCUT2D eigenvalue weighted by Gasteiger charge is -2.08. The predicted octanol–water partition coefficient (Wildman–Crippen LogP) is 2.89. The van der Waals surface area contributed by atoms with Gasteiger partial charge in [0.2, 0.25) is 0 Å². The van der Waals surface area contributed by atoms with Crippen molar-refractivity contribution in [3.63, 3.8) is 0 Å². The van der Waals surface area contributed by atoms with Crippen LogP contribution in [-0.4, -0.2) is 18.1 Å². The van der Waals surface area contributed by atoms with Crippen LogP contribution in [-0.2, 0) is 11.3 Å². The van der Waals surface area contributed by atoms with Gasteiger partial charge in [0.1, 0.15) is 12.4 Å². The molecule has 0 radical (unpaired) electrons. The molecule has 0 atom stereocenters. The number of hydrogen-bond donors (Lipinski definition) is 1. The molecule has 5 heteroatoms. The van der Waals surface area contributed by atoms with Gasteiger partial charge in [-0.25, -0.2) is 4.79 Å². The molecule has 0 spiro atoms. The molecule has 0 fully saturated rings. The van der Waals surface area contributed by atoms with E-state index in [4.69, 9.17) is 4.74 Å². The molecule has 1 aromatic heterocycles. The lowest BCUT2D eigenvalue weighted by atomic mass is 10.1. The van der Waals surface area contributed by atoms with Gasteiger partial charge in [0.25, 0.3) is 5.56 Å². The maximum absolute atomic E-state index is 12.0. The summed E-state index contributed by atoms with van der Waals surface area (Å²) in [6.07, 6.45) is 0. The zero-order chi connectivity index (χ0) is 16.2. The Labute approximate surface area is 132 Å². The summed E-state index contributed by atoms with van der Waals surface area (Å²) >= 11 is 0. The van der Waals surface area contributed by atoms with Crippen LogP contribution in [0.2, 0.25) is 0 Å². The standard InChI is InChI=1S/C18H15NO4/c1-22-18(21)12-6-8-15(9-7-12)23-11-14-10-13-4-2-3-5-16(13)17(20)19-14/h2-10H,11H2,1H3,(H,19,20). The predicted molar refractivity (Wildman–Crippen MR) is 86.7 cm³/mol. The third-order valence-corrected chi connectivity index (χ3v) is 3.48. The summed E-state index contributed by atoms with van der Waals surface area (Å²) in [5.74, 6) is 0.210. The van der Waals surface area contributed by atoms with Crippen LogP contribution in [0.25, 0.3) is 10.8 Å². The molecule has 3 aromatic rings. The lowest BCUT2D eigenvalue weighted by Crippen LogP contribution is -2.11. The second kappa shape index (κ2) is 6.36. The largest absolute Gasteiger partial charge is 0.487 e. The van der Waals surface area contributed by atoms with Crippen LogP contribution in [0.1, 0.15) is 16.1 Å². The van der Waals surface area contributed by atoms with Crippen LogP contribution < -0.4 is 10.3 Å². The average molecular weight is 309 g/mol. The van der Waals surface area contributed by atoms with Crippen molar-refractivity contribution >= 4 is 16.7 Å². The van der Waals surface area contributed by atoms with Gasteiger partial charge in [0.15, 0.2) is 0 Å². The van der Waals surface area contributed by atoms with E-state index in [1.165, 1.54) is 7.11 Å². The second-order valence-electron chi connectivity index (χ2n) is 5.02. The molecule has 5 nitrogen and oxygen atoms in total. The van der Waals surface area contributed by atoms with Gasteiger partial charge in [0, 0.05) is 5.39 Å². The van der Waals surface area contributed by atoms with E-state index in [2.05, 4.69) is 9.72 Å². The number of aromatic amines is 1. The van der Waals surface area contributed by atoms with Gasteiger partial charge in [-0.3, -0.25) is 4.79 Å². The number of H-pyrrole nitrogens is 1. The molecule has 0 saturated carbocycles. The highest BCUT2D eigenvalue weighted by molar-refractivity contribution is 5.89. The number of carbonyl (C=O) groups is 1. The van der Waals surface area contributed by atoms with Crippen molar-refractivity contribution in [1.29, 1.82) is 0 Å². The highest BCUT2D eigenvalue weighted by Gasteiger charge is 2.06. The summed E-state index contributed by atoms with van der Waals surface area (Å²) in [6.45, 7) is 0.234. The number of nitrogens with one attached hydrogen (secondary N) is 1. The van der Waals surface area contributed by atoms with Gasteiger partial charge >= 0.3 is 5.97 Å². The van der Waals surface area contributed by atoms with Crippen LogP contribution in [0.4, 0.5) is 0 Å². The number of fused-ring (bicyclic) bond motifs is 1. The fraction of sp³-hybridized carbons (Fsp3) is 0.111. The first kappa shape index (κ1) is 14.8. The number of carbonyl (C=O) groups excluding carboxylic acids is 1. The van der Waals surface area contributed by atoms with Gasteiger partial charge in [-0.1, -0.05) is 18.2 Å². The minimum Gasteiger partial charge on any atom is -0.487 e. The smallest absolute Gasteiger partial charge is 0.337 e. The number of ether oxygens (including phenoxy) is 2. The number of benzene rings is 2. The number of aromatic nitrogens is 1. The molecule has 1 heterocycles. The Kier molecular flexibility index (Phi) is 4.10. The molecular formula is C18H15NO4. The van der Waals surface area contributed by atoms with Gasteiger partial charge < -0.3 is 14.5 Å². The van der Waals surface area contributed by atoms with Crippen molar-refractivity contribution < 1.29 is 14.3 Å². The Morgan fingerprint density at radius 2 is 1.83 bits per heavy atom. The molecule has 1 N–H and O–H groups in total. The van der Waals surface area contributed by atoms with Crippen molar-refractivity contribution in [2.45, 2.75) is 6.61 Å². The van der Waals surface area contributed by atoms with E-state index >= 15 is 0 Å². The first-order chi connectivity index (χ1) is 11.2. The molecular weight excluding hydrogens is 294 g/mol. The Bertz CT molecular complexity index is 897. The molecule has 0 aliphatic rings. The van der Waals surface area contributed by atoms with E-state index in [9.17, 15) is 9.59 Å². The van der Waals surface area contributed by atoms with E-state index in [1.807, 2.05) is 24.3 Å². The number of methoxy groups -OCH3 is 1. The molecule has 23 heavy (non-hydrogen) atoms. The van der Waals surface area contributed by atoms with Crippen LogP contribution in [0.15, 0.2) is 59.4 Å². The van der Waals surface area contributed by atoms with E-state index in [-0.39, 0.29) is 12.2 Å². The van der Waals surface area contributed by atoms with Gasteiger partial charge in [-0.05, 0) is 41.8 Å². The van der Waals surface area contributed by atoms with Gasteiger partial charge in [-0.2, -0.15) is 0 Å². The number of esters is 1. The molecule has 116 valence electrons. The minimum absolute atomic E-state index is 0.136. The summed E-state index contributed by atoms with van der Waals surface area (Å²) in [4.78, 5) is 26.2. The summed E-state index contributed by atoms with van der Waals surface area (Å²) in [5.41, 5.74) is 1.01. The van der Waals surface area contributed by atoms with E-state index < -0.39 is 5.97 Å². The van der Waals surface area contributed by atoms with Gasteiger partial charge in [-0.15, -0.1) is 0 Å². The molecule has 0 bridgehead atoms. The van der Waals surface area contributed by atoms with Crippen molar-refractivity contribution in [1.82, 2.24) is 4.98 Å². The maximum atomic E-state index is 12.0. The van der Waals surface area contributed by atoms with Crippen LogP contribution in [0.5, 0.6) is 5.75 Å². The zero-order valence-corrected chi connectivity index (χ0v) is 12.5. The van der Waals surface area contributed by atoms with Crippen molar-refractivity contribution in [2.24, 2.45) is 0 Å². The third kappa shape index (κ3) is 3.23. The van der Waals surface area contributed by atoms with Crippen molar-refractivity contribution in [2.75, 3.05) is 7.11 Å². The SMILES string of the molecule is COC(=O)c1ccc(OCc2cc3ccccc3c(=O)[nH]2)cc1. The minimum atomic E-state index is -0.393. The third-order valence-electron chi connectivity index (χ3n) is 3.48. The quantitative estimate of drug-likeness (QED) is 0.752. The normalized spacial score (nSPS) is 10.5. The van der Waals surface area contributed by atoms with Crippen molar-refractivity contribution in [3.8, 4) is 5.75 Å². The molecule has 2 aromatic carbocycles. The molecule has 3 rings (SSSR count). The molecule has 0 unspecified atom stereocenters. The van der Waals surface area contributed by atoms with E-state index in [0.29, 0.717) is 22.4 Å². The van der Waals surface area contributed by atoms with E-state index in [0.717, 1.165) is 5.39 Å². The summed E-state index contributed by atoms with van der Waals surface area (Å²) in [6, 6.07) is 15.9. The Balaban J connectivity index is 1.75. The average Bonchev–Trinajstić information content (AvgIpc) is 2.60. The van der Waals surface area contributed by atoms with Crippen LogP contribution in [0, 0.1) is 0 Å². The monoisotopic (exact) mass is 309 g/mol.